The van der Waals surface area contributed by atoms with E-state index in [0.29, 0.717) is 11.5 Å². The topological polar surface area (TPSA) is 50.9 Å². The van der Waals surface area contributed by atoms with E-state index in [-0.39, 0.29) is 0 Å². The van der Waals surface area contributed by atoms with Gasteiger partial charge in [0.25, 0.3) is 0 Å². The van der Waals surface area contributed by atoms with Gasteiger partial charge >= 0.3 is 0 Å². The van der Waals surface area contributed by atoms with E-state index in [9.17, 15) is 0 Å². The number of halogens is 1. The average molecular weight is 336 g/mol. The molecule has 0 saturated heterocycles. The summed E-state index contributed by atoms with van der Waals surface area (Å²) in [4.78, 5) is 4.84. The molecular formula is C14H14BrN3S. The van der Waals surface area contributed by atoms with Crippen LogP contribution < -0.4 is 11.1 Å². The summed E-state index contributed by atoms with van der Waals surface area (Å²) in [6.45, 7) is 2.66. The van der Waals surface area contributed by atoms with Crippen molar-refractivity contribution in [2.24, 2.45) is 5.73 Å². The lowest BCUT2D eigenvalue weighted by Gasteiger charge is -2.10. The number of pyridine rings is 1. The second-order valence-corrected chi connectivity index (χ2v) is 5.48. The highest BCUT2D eigenvalue weighted by molar-refractivity contribution is 9.10. The molecule has 0 aliphatic heterocycles. The quantitative estimate of drug-likeness (QED) is 0.841. The van der Waals surface area contributed by atoms with Gasteiger partial charge < -0.3 is 11.1 Å². The van der Waals surface area contributed by atoms with Crippen LogP contribution in [0.3, 0.4) is 0 Å². The van der Waals surface area contributed by atoms with E-state index in [1.54, 1.807) is 0 Å². The van der Waals surface area contributed by atoms with E-state index in [0.717, 1.165) is 27.1 Å². The molecule has 2 aromatic rings. The van der Waals surface area contributed by atoms with Crippen LogP contribution in [0.2, 0.25) is 0 Å². The van der Waals surface area contributed by atoms with Crippen molar-refractivity contribution in [2.75, 3.05) is 5.32 Å². The van der Waals surface area contributed by atoms with Crippen LogP contribution in [0.25, 0.3) is 0 Å². The summed E-state index contributed by atoms with van der Waals surface area (Å²) < 4.78 is 0.936. The van der Waals surface area contributed by atoms with Gasteiger partial charge in [0, 0.05) is 21.4 Å². The molecule has 0 amide bonds. The number of anilines is 1. The van der Waals surface area contributed by atoms with E-state index < -0.39 is 0 Å². The zero-order chi connectivity index (χ0) is 13.8. The summed E-state index contributed by atoms with van der Waals surface area (Å²) in [5, 5.41) is 3.33. The van der Waals surface area contributed by atoms with Crippen molar-refractivity contribution >= 4 is 38.8 Å². The predicted octanol–water partition coefficient (Wildman–Crippen LogP) is 3.40. The molecule has 2 rings (SSSR count). The van der Waals surface area contributed by atoms with Crippen molar-refractivity contribution < 1.29 is 0 Å². The first-order valence-electron chi connectivity index (χ1n) is 5.82. The first kappa shape index (κ1) is 14.0. The number of aryl methyl sites for hydroxylation is 1. The Balaban J connectivity index is 2.10. The van der Waals surface area contributed by atoms with Crippen LogP contribution in [0.5, 0.6) is 0 Å². The number of hydrogen-bond donors (Lipinski definition) is 2. The Hall–Kier alpha value is -1.46. The van der Waals surface area contributed by atoms with E-state index in [2.05, 4.69) is 26.2 Å². The minimum atomic E-state index is 0.396. The Morgan fingerprint density at radius 3 is 2.79 bits per heavy atom. The Morgan fingerprint density at radius 2 is 2.16 bits per heavy atom. The van der Waals surface area contributed by atoms with Gasteiger partial charge in [0.2, 0.25) is 0 Å². The Morgan fingerprint density at radius 1 is 1.37 bits per heavy atom. The molecule has 0 saturated carbocycles. The first-order chi connectivity index (χ1) is 9.06. The lowest BCUT2D eigenvalue weighted by atomic mass is 10.2. The molecule has 0 radical (unpaired) electrons. The van der Waals surface area contributed by atoms with Crippen LogP contribution in [-0.2, 0) is 6.54 Å². The van der Waals surface area contributed by atoms with Gasteiger partial charge in [-0.2, -0.15) is 0 Å². The number of hydrogen-bond acceptors (Lipinski definition) is 3. The number of nitrogens with one attached hydrogen (secondary N) is 1. The van der Waals surface area contributed by atoms with Gasteiger partial charge in [-0.25, -0.2) is 0 Å². The largest absolute Gasteiger partial charge is 0.389 e. The highest BCUT2D eigenvalue weighted by atomic mass is 79.9. The summed E-state index contributed by atoms with van der Waals surface area (Å²) in [6.07, 6.45) is 0. The van der Waals surface area contributed by atoms with Crippen molar-refractivity contribution in [3.05, 3.63) is 57.8 Å². The lowest BCUT2D eigenvalue weighted by Crippen LogP contribution is -2.09. The van der Waals surface area contributed by atoms with Crippen LogP contribution in [0.15, 0.2) is 40.9 Å². The fourth-order valence-corrected chi connectivity index (χ4v) is 2.34. The molecule has 0 aliphatic carbocycles. The highest BCUT2D eigenvalue weighted by Crippen LogP contribution is 2.24. The summed E-state index contributed by atoms with van der Waals surface area (Å²) in [6, 6.07) is 11.7. The molecule has 1 heterocycles. The van der Waals surface area contributed by atoms with E-state index in [1.165, 1.54) is 0 Å². The molecule has 0 bridgehead atoms. The van der Waals surface area contributed by atoms with E-state index >= 15 is 0 Å². The molecule has 1 aromatic heterocycles. The third kappa shape index (κ3) is 3.75. The Bertz CT molecular complexity index is 613. The summed E-state index contributed by atoms with van der Waals surface area (Å²) >= 11 is 8.45. The standard InChI is InChI=1S/C14H14BrN3S/c1-9-3-2-4-11(18-9)8-17-13-6-5-10(14(16)19)7-12(13)15/h2-7,17H,8H2,1H3,(H2,16,19). The third-order valence-corrected chi connectivity index (χ3v) is 3.55. The minimum Gasteiger partial charge on any atom is -0.389 e. The average Bonchev–Trinajstić information content (AvgIpc) is 2.37. The van der Waals surface area contributed by atoms with E-state index in [1.807, 2.05) is 43.3 Å². The lowest BCUT2D eigenvalue weighted by molar-refractivity contribution is 1.01. The number of rotatable bonds is 4. The van der Waals surface area contributed by atoms with Gasteiger partial charge in [0.1, 0.15) is 4.99 Å². The molecule has 98 valence electrons. The summed E-state index contributed by atoms with van der Waals surface area (Å²) in [7, 11) is 0. The molecule has 0 spiro atoms. The molecule has 3 N–H and O–H groups in total. The van der Waals surface area contributed by atoms with Gasteiger partial charge in [-0.05, 0) is 53.2 Å². The molecule has 19 heavy (non-hydrogen) atoms. The van der Waals surface area contributed by atoms with E-state index in [4.69, 9.17) is 18.0 Å². The normalized spacial score (nSPS) is 10.2. The molecule has 0 fully saturated rings. The first-order valence-corrected chi connectivity index (χ1v) is 7.02. The second-order valence-electron chi connectivity index (χ2n) is 4.18. The Kier molecular flexibility index (Phi) is 4.50. The third-order valence-electron chi connectivity index (χ3n) is 2.66. The number of thiocarbonyl (C=S) groups is 1. The molecule has 0 unspecified atom stereocenters. The maximum Gasteiger partial charge on any atom is 0.104 e. The van der Waals surface area contributed by atoms with Crippen molar-refractivity contribution in [2.45, 2.75) is 13.5 Å². The monoisotopic (exact) mass is 335 g/mol. The SMILES string of the molecule is Cc1cccc(CNc2ccc(C(N)=S)cc2Br)n1. The molecular weight excluding hydrogens is 322 g/mol. The molecule has 5 heteroatoms. The fourth-order valence-electron chi connectivity index (χ4n) is 1.70. The molecule has 1 aromatic carbocycles. The molecule has 0 aliphatic rings. The van der Waals surface area contributed by atoms with Crippen molar-refractivity contribution in [1.82, 2.24) is 4.98 Å². The molecule has 0 atom stereocenters. The van der Waals surface area contributed by atoms with Gasteiger partial charge in [-0.15, -0.1) is 0 Å². The van der Waals surface area contributed by atoms with Crippen LogP contribution in [-0.4, -0.2) is 9.97 Å². The van der Waals surface area contributed by atoms with Gasteiger partial charge in [0.05, 0.1) is 12.2 Å². The maximum absolute atomic E-state index is 5.59. The molecule has 3 nitrogen and oxygen atoms in total. The minimum absolute atomic E-state index is 0.396. The predicted molar refractivity (Wildman–Crippen MR) is 86.3 cm³/mol. The zero-order valence-corrected chi connectivity index (χ0v) is 12.9. The van der Waals surface area contributed by atoms with Gasteiger partial charge in [-0.1, -0.05) is 18.3 Å². The highest BCUT2D eigenvalue weighted by Gasteiger charge is 2.03. The zero-order valence-electron chi connectivity index (χ0n) is 10.5. The number of benzene rings is 1. The Labute approximate surface area is 126 Å². The fraction of sp³-hybridized carbons (Fsp3) is 0.143. The van der Waals surface area contributed by atoms with Crippen molar-refractivity contribution in [3.63, 3.8) is 0 Å². The summed E-state index contributed by atoms with van der Waals surface area (Å²) in [5.74, 6) is 0. The van der Waals surface area contributed by atoms with Crippen LogP contribution in [0.4, 0.5) is 5.69 Å². The van der Waals surface area contributed by atoms with Crippen molar-refractivity contribution in [1.29, 1.82) is 0 Å². The maximum atomic E-state index is 5.59. The van der Waals surface area contributed by atoms with Gasteiger partial charge in [0.15, 0.2) is 0 Å². The number of aromatic nitrogens is 1. The van der Waals surface area contributed by atoms with Crippen LogP contribution in [0, 0.1) is 6.92 Å². The van der Waals surface area contributed by atoms with Crippen LogP contribution in [0.1, 0.15) is 17.0 Å². The number of nitrogens with two attached hydrogens (primary N) is 1. The van der Waals surface area contributed by atoms with Gasteiger partial charge in [-0.3, -0.25) is 4.98 Å². The van der Waals surface area contributed by atoms with Crippen molar-refractivity contribution in [3.8, 4) is 0 Å². The summed E-state index contributed by atoms with van der Waals surface area (Å²) in [5.41, 5.74) is 9.45. The number of nitrogens with zero attached hydrogens (tertiary/aromatic N) is 1. The second kappa shape index (κ2) is 6.12. The smallest absolute Gasteiger partial charge is 0.104 e. The van der Waals surface area contributed by atoms with Crippen LogP contribution >= 0.6 is 28.1 Å².